The zero-order valence-corrected chi connectivity index (χ0v) is 12.2. The van der Waals surface area contributed by atoms with Gasteiger partial charge >= 0.3 is 0 Å². The summed E-state index contributed by atoms with van der Waals surface area (Å²) in [4.78, 5) is 11.8. The fourth-order valence-corrected chi connectivity index (χ4v) is 3.09. The second-order valence-electron chi connectivity index (χ2n) is 6.20. The molecular formula is C15H27NO3. The molecule has 0 radical (unpaired) electrons. The van der Waals surface area contributed by atoms with E-state index in [2.05, 4.69) is 19.2 Å². The van der Waals surface area contributed by atoms with E-state index in [1.807, 2.05) is 0 Å². The highest BCUT2D eigenvalue weighted by Gasteiger charge is 2.30. The SMILES string of the molecule is CC(C)[C@H]1OCC[C@@H]1CNC(=O)CCC1CCOC1. The molecule has 0 bridgehead atoms. The molecule has 0 aromatic rings. The minimum atomic E-state index is 0.182. The summed E-state index contributed by atoms with van der Waals surface area (Å²) in [6.45, 7) is 7.67. The van der Waals surface area contributed by atoms with Crippen molar-refractivity contribution in [3.8, 4) is 0 Å². The Kier molecular flexibility index (Phi) is 5.64. The molecule has 2 fully saturated rings. The molecule has 4 nitrogen and oxygen atoms in total. The maximum Gasteiger partial charge on any atom is 0.220 e. The van der Waals surface area contributed by atoms with Crippen molar-refractivity contribution in [2.24, 2.45) is 17.8 Å². The van der Waals surface area contributed by atoms with Gasteiger partial charge in [-0.3, -0.25) is 4.79 Å². The van der Waals surface area contributed by atoms with Crippen LogP contribution >= 0.6 is 0 Å². The molecule has 4 heteroatoms. The van der Waals surface area contributed by atoms with Crippen LogP contribution in [0, 0.1) is 17.8 Å². The van der Waals surface area contributed by atoms with Crippen molar-refractivity contribution in [2.45, 2.75) is 45.6 Å². The molecule has 110 valence electrons. The summed E-state index contributed by atoms with van der Waals surface area (Å²) in [6, 6.07) is 0. The van der Waals surface area contributed by atoms with E-state index in [-0.39, 0.29) is 5.91 Å². The van der Waals surface area contributed by atoms with Gasteiger partial charge in [0.05, 0.1) is 6.10 Å². The summed E-state index contributed by atoms with van der Waals surface area (Å²) in [7, 11) is 0. The van der Waals surface area contributed by atoms with Crippen LogP contribution in [0.5, 0.6) is 0 Å². The smallest absolute Gasteiger partial charge is 0.220 e. The third-order valence-electron chi connectivity index (χ3n) is 4.29. The summed E-state index contributed by atoms with van der Waals surface area (Å²) < 4.78 is 11.1. The van der Waals surface area contributed by atoms with Gasteiger partial charge in [-0.25, -0.2) is 0 Å². The van der Waals surface area contributed by atoms with Gasteiger partial charge in [0, 0.05) is 38.7 Å². The predicted molar refractivity (Wildman–Crippen MR) is 73.9 cm³/mol. The lowest BCUT2D eigenvalue weighted by atomic mass is 9.93. The van der Waals surface area contributed by atoms with Crippen LogP contribution in [0.3, 0.4) is 0 Å². The Labute approximate surface area is 116 Å². The van der Waals surface area contributed by atoms with E-state index < -0.39 is 0 Å². The maximum absolute atomic E-state index is 11.8. The normalized spacial score (nSPS) is 31.0. The van der Waals surface area contributed by atoms with Crippen molar-refractivity contribution >= 4 is 5.91 Å². The van der Waals surface area contributed by atoms with Gasteiger partial charge in [0.2, 0.25) is 5.91 Å². The Morgan fingerprint density at radius 1 is 1.32 bits per heavy atom. The maximum atomic E-state index is 11.8. The van der Waals surface area contributed by atoms with Gasteiger partial charge in [0.15, 0.2) is 0 Å². The lowest BCUT2D eigenvalue weighted by Crippen LogP contribution is -2.35. The number of amides is 1. The van der Waals surface area contributed by atoms with Gasteiger partial charge in [-0.1, -0.05) is 13.8 Å². The number of hydrogen-bond acceptors (Lipinski definition) is 3. The van der Waals surface area contributed by atoms with E-state index in [9.17, 15) is 4.79 Å². The third kappa shape index (κ3) is 4.46. The number of hydrogen-bond donors (Lipinski definition) is 1. The third-order valence-corrected chi connectivity index (χ3v) is 4.29. The molecule has 1 unspecified atom stereocenters. The van der Waals surface area contributed by atoms with E-state index in [0.717, 1.165) is 45.6 Å². The van der Waals surface area contributed by atoms with Gasteiger partial charge in [-0.2, -0.15) is 0 Å². The fourth-order valence-electron chi connectivity index (χ4n) is 3.09. The van der Waals surface area contributed by atoms with Crippen molar-refractivity contribution < 1.29 is 14.3 Å². The summed E-state index contributed by atoms with van der Waals surface area (Å²) in [6.07, 6.45) is 4.08. The highest BCUT2D eigenvalue weighted by atomic mass is 16.5. The van der Waals surface area contributed by atoms with E-state index >= 15 is 0 Å². The van der Waals surface area contributed by atoms with E-state index in [1.165, 1.54) is 0 Å². The molecule has 0 saturated carbocycles. The number of carbonyl (C=O) groups excluding carboxylic acids is 1. The summed E-state index contributed by atoms with van der Waals surface area (Å²) >= 11 is 0. The zero-order valence-electron chi connectivity index (χ0n) is 12.2. The van der Waals surface area contributed by atoms with Crippen molar-refractivity contribution in [1.82, 2.24) is 5.32 Å². The first-order valence-electron chi connectivity index (χ1n) is 7.63. The average Bonchev–Trinajstić information content (AvgIpc) is 3.04. The molecule has 2 aliphatic rings. The van der Waals surface area contributed by atoms with Crippen LogP contribution in [0.4, 0.5) is 0 Å². The van der Waals surface area contributed by atoms with Gasteiger partial charge < -0.3 is 14.8 Å². The highest BCUT2D eigenvalue weighted by molar-refractivity contribution is 5.75. The Hall–Kier alpha value is -0.610. The van der Waals surface area contributed by atoms with Crippen LogP contribution in [-0.4, -0.2) is 38.4 Å². The Morgan fingerprint density at radius 2 is 2.16 bits per heavy atom. The minimum Gasteiger partial charge on any atom is -0.381 e. The van der Waals surface area contributed by atoms with Crippen molar-refractivity contribution in [1.29, 1.82) is 0 Å². The Balaban J connectivity index is 1.62. The van der Waals surface area contributed by atoms with E-state index in [4.69, 9.17) is 9.47 Å². The van der Waals surface area contributed by atoms with Crippen LogP contribution in [0.25, 0.3) is 0 Å². The molecule has 0 aromatic heterocycles. The zero-order chi connectivity index (χ0) is 13.7. The van der Waals surface area contributed by atoms with Crippen molar-refractivity contribution in [2.75, 3.05) is 26.4 Å². The van der Waals surface area contributed by atoms with Crippen LogP contribution < -0.4 is 5.32 Å². The number of carbonyl (C=O) groups is 1. The molecule has 0 spiro atoms. The molecule has 0 aromatic carbocycles. The van der Waals surface area contributed by atoms with Gasteiger partial charge in [-0.15, -0.1) is 0 Å². The lowest BCUT2D eigenvalue weighted by Gasteiger charge is -2.22. The topological polar surface area (TPSA) is 47.6 Å². The summed E-state index contributed by atoms with van der Waals surface area (Å²) in [5, 5.41) is 3.07. The predicted octanol–water partition coefficient (Wildman–Crippen LogP) is 1.98. The monoisotopic (exact) mass is 269 g/mol. The van der Waals surface area contributed by atoms with Gasteiger partial charge in [-0.05, 0) is 31.1 Å². The van der Waals surface area contributed by atoms with Crippen molar-refractivity contribution in [3.05, 3.63) is 0 Å². The summed E-state index contributed by atoms with van der Waals surface area (Å²) in [5.41, 5.74) is 0. The number of nitrogens with one attached hydrogen (secondary N) is 1. The molecule has 0 aliphatic carbocycles. The quantitative estimate of drug-likeness (QED) is 0.802. The summed E-state index contributed by atoms with van der Waals surface area (Å²) in [5.74, 6) is 1.78. The number of ether oxygens (including phenoxy) is 2. The van der Waals surface area contributed by atoms with E-state index in [0.29, 0.717) is 30.3 Å². The average molecular weight is 269 g/mol. The Bertz CT molecular complexity index is 287. The van der Waals surface area contributed by atoms with Crippen LogP contribution in [0.2, 0.25) is 0 Å². The van der Waals surface area contributed by atoms with Crippen molar-refractivity contribution in [3.63, 3.8) is 0 Å². The van der Waals surface area contributed by atoms with Crippen LogP contribution in [0.15, 0.2) is 0 Å². The molecule has 2 heterocycles. The lowest BCUT2D eigenvalue weighted by molar-refractivity contribution is -0.121. The Morgan fingerprint density at radius 3 is 2.84 bits per heavy atom. The fraction of sp³-hybridized carbons (Fsp3) is 0.933. The molecule has 3 atom stereocenters. The number of rotatable bonds is 6. The van der Waals surface area contributed by atoms with Gasteiger partial charge in [0.1, 0.15) is 0 Å². The molecular weight excluding hydrogens is 242 g/mol. The first-order chi connectivity index (χ1) is 9.16. The second-order valence-corrected chi connectivity index (χ2v) is 6.20. The van der Waals surface area contributed by atoms with Crippen LogP contribution in [0.1, 0.15) is 39.5 Å². The molecule has 1 N–H and O–H groups in total. The van der Waals surface area contributed by atoms with Crippen LogP contribution in [-0.2, 0) is 14.3 Å². The molecule has 19 heavy (non-hydrogen) atoms. The standard InChI is InChI=1S/C15H27NO3/c1-11(2)15-13(6-8-19-15)9-16-14(17)4-3-12-5-7-18-10-12/h11-13,15H,3-10H2,1-2H3,(H,16,17)/t12?,13-,15-/m1/s1. The first-order valence-corrected chi connectivity index (χ1v) is 7.63. The minimum absolute atomic E-state index is 0.182. The van der Waals surface area contributed by atoms with Gasteiger partial charge in [0.25, 0.3) is 0 Å². The molecule has 1 amide bonds. The molecule has 2 saturated heterocycles. The molecule has 2 aliphatic heterocycles. The van der Waals surface area contributed by atoms with E-state index in [1.54, 1.807) is 0 Å². The first kappa shape index (κ1) is 14.8. The second kappa shape index (κ2) is 7.25. The molecule has 2 rings (SSSR count). The highest BCUT2D eigenvalue weighted by Crippen LogP contribution is 2.26. The largest absolute Gasteiger partial charge is 0.381 e.